The van der Waals surface area contributed by atoms with Crippen molar-refractivity contribution in [2.24, 2.45) is 5.73 Å². The zero-order chi connectivity index (χ0) is 13.4. The van der Waals surface area contributed by atoms with E-state index < -0.39 is 6.04 Å². The summed E-state index contributed by atoms with van der Waals surface area (Å²) in [6.45, 7) is 0.548. The molecule has 0 fully saturated rings. The summed E-state index contributed by atoms with van der Waals surface area (Å²) in [5.41, 5.74) is 6.70. The smallest absolute Gasteiger partial charge is 0.237 e. The summed E-state index contributed by atoms with van der Waals surface area (Å²) >= 11 is 0. The lowest BCUT2D eigenvalue weighted by Gasteiger charge is -2.12. The second kappa shape index (κ2) is 7.36. The molecule has 1 unspecified atom stereocenters. The molecule has 0 aliphatic rings. The summed E-state index contributed by atoms with van der Waals surface area (Å²) < 4.78 is 0. The van der Waals surface area contributed by atoms with Crippen molar-refractivity contribution in [2.75, 3.05) is 6.54 Å². The molecule has 1 atom stereocenters. The Morgan fingerprint density at radius 3 is 2.72 bits per heavy atom. The lowest BCUT2D eigenvalue weighted by Crippen LogP contribution is -2.42. The molecule has 0 aliphatic heterocycles. The van der Waals surface area contributed by atoms with E-state index in [0.717, 1.165) is 12.0 Å². The summed E-state index contributed by atoms with van der Waals surface area (Å²) in [6.07, 6.45) is 6.96. The number of nitrogens with one attached hydrogen (secondary N) is 1. The van der Waals surface area contributed by atoms with Gasteiger partial charge in [-0.05, 0) is 30.5 Å². The second-order valence-corrected chi connectivity index (χ2v) is 4.08. The molecular weight excluding hydrogens is 228 g/mol. The number of amides is 1. The molecule has 4 heteroatoms. The third-order valence-electron chi connectivity index (χ3n) is 2.53. The van der Waals surface area contributed by atoms with Gasteiger partial charge in [0.05, 0.1) is 6.04 Å². The van der Waals surface area contributed by atoms with Crippen LogP contribution in [0.3, 0.4) is 0 Å². The van der Waals surface area contributed by atoms with Crippen molar-refractivity contribution in [3.8, 4) is 18.1 Å². The molecule has 4 N–H and O–H groups in total. The highest BCUT2D eigenvalue weighted by Crippen LogP contribution is 2.10. The first-order valence-corrected chi connectivity index (χ1v) is 5.88. The molecule has 4 nitrogen and oxygen atoms in total. The minimum Gasteiger partial charge on any atom is -0.508 e. The monoisotopic (exact) mass is 246 g/mol. The van der Waals surface area contributed by atoms with Crippen LogP contribution in [-0.4, -0.2) is 23.6 Å². The quantitative estimate of drug-likeness (QED) is 0.513. The van der Waals surface area contributed by atoms with E-state index in [4.69, 9.17) is 17.3 Å². The number of benzene rings is 1. The number of terminal acetylenes is 1. The molecule has 1 rings (SSSR count). The molecule has 0 saturated carbocycles. The fourth-order valence-electron chi connectivity index (χ4n) is 1.51. The maximum Gasteiger partial charge on any atom is 0.237 e. The van der Waals surface area contributed by atoms with Crippen LogP contribution >= 0.6 is 0 Å². The number of hydrogen-bond donors (Lipinski definition) is 3. The Balaban J connectivity index is 2.35. The average molecular weight is 246 g/mol. The summed E-state index contributed by atoms with van der Waals surface area (Å²) in [7, 11) is 0. The number of nitrogens with two attached hydrogens (primary N) is 1. The predicted molar refractivity (Wildman–Crippen MR) is 70.9 cm³/mol. The van der Waals surface area contributed by atoms with Crippen molar-refractivity contribution in [2.45, 2.75) is 25.3 Å². The minimum absolute atomic E-state index is 0.180. The van der Waals surface area contributed by atoms with Crippen molar-refractivity contribution in [1.82, 2.24) is 5.32 Å². The number of aromatic hydroxyl groups is 1. The number of carbonyl (C=O) groups excluding carboxylic acids is 1. The van der Waals surface area contributed by atoms with Gasteiger partial charge < -0.3 is 16.2 Å². The van der Waals surface area contributed by atoms with E-state index in [1.165, 1.54) is 0 Å². The SMILES string of the molecule is C#CCCCNC(=O)C(N)Cc1ccc(O)cc1. The zero-order valence-corrected chi connectivity index (χ0v) is 10.2. The van der Waals surface area contributed by atoms with Gasteiger partial charge >= 0.3 is 0 Å². The summed E-state index contributed by atoms with van der Waals surface area (Å²) in [5, 5.41) is 11.9. The first-order valence-electron chi connectivity index (χ1n) is 5.88. The molecule has 1 aromatic rings. The van der Waals surface area contributed by atoms with E-state index in [-0.39, 0.29) is 11.7 Å². The van der Waals surface area contributed by atoms with Crippen LogP contribution in [0.25, 0.3) is 0 Å². The Hall–Kier alpha value is -1.99. The highest BCUT2D eigenvalue weighted by Gasteiger charge is 2.13. The van der Waals surface area contributed by atoms with Crippen molar-refractivity contribution in [3.63, 3.8) is 0 Å². The van der Waals surface area contributed by atoms with Gasteiger partial charge in [0.15, 0.2) is 0 Å². The van der Waals surface area contributed by atoms with Crippen molar-refractivity contribution in [1.29, 1.82) is 0 Å². The number of unbranched alkanes of at least 4 members (excludes halogenated alkanes) is 1. The highest BCUT2D eigenvalue weighted by atomic mass is 16.3. The van der Waals surface area contributed by atoms with Gasteiger partial charge in [0.25, 0.3) is 0 Å². The number of phenolic OH excluding ortho intramolecular Hbond substituents is 1. The number of rotatable bonds is 6. The number of hydrogen-bond acceptors (Lipinski definition) is 3. The van der Waals surface area contributed by atoms with Crippen LogP contribution in [0.1, 0.15) is 18.4 Å². The van der Waals surface area contributed by atoms with Crippen LogP contribution in [0.5, 0.6) is 5.75 Å². The zero-order valence-electron chi connectivity index (χ0n) is 10.2. The first kappa shape index (κ1) is 14.1. The van der Waals surface area contributed by atoms with Gasteiger partial charge in [-0.25, -0.2) is 0 Å². The van der Waals surface area contributed by atoms with Gasteiger partial charge in [0.2, 0.25) is 5.91 Å². The Bertz CT molecular complexity index is 420. The van der Waals surface area contributed by atoms with Crippen molar-refractivity contribution in [3.05, 3.63) is 29.8 Å². The molecule has 1 amide bonds. The van der Waals surface area contributed by atoms with Crippen LogP contribution in [0.4, 0.5) is 0 Å². The van der Waals surface area contributed by atoms with E-state index in [1.54, 1.807) is 24.3 Å². The van der Waals surface area contributed by atoms with Crippen LogP contribution in [-0.2, 0) is 11.2 Å². The largest absolute Gasteiger partial charge is 0.508 e. The second-order valence-electron chi connectivity index (χ2n) is 4.08. The van der Waals surface area contributed by atoms with E-state index in [9.17, 15) is 4.79 Å². The standard InChI is InChI=1S/C14H18N2O2/c1-2-3-4-9-16-14(18)13(15)10-11-5-7-12(17)8-6-11/h1,5-8,13,17H,3-4,9-10,15H2,(H,16,18). The maximum atomic E-state index is 11.6. The third-order valence-corrected chi connectivity index (χ3v) is 2.53. The molecule has 96 valence electrons. The fraction of sp³-hybridized carbons (Fsp3) is 0.357. The average Bonchev–Trinajstić information content (AvgIpc) is 2.37. The van der Waals surface area contributed by atoms with Crippen LogP contribution < -0.4 is 11.1 Å². The van der Waals surface area contributed by atoms with Crippen LogP contribution in [0.2, 0.25) is 0 Å². The molecule has 0 aliphatic carbocycles. The Kier molecular flexibility index (Phi) is 5.75. The molecule has 0 spiro atoms. The molecule has 18 heavy (non-hydrogen) atoms. The molecule has 0 heterocycles. The highest BCUT2D eigenvalue weighted by molar-refractivity contribution is 5.81. The number of carbonyl (C=O) groups is 1. The summed E-state index contributed by atoms with van der Waals surface area (Å²) in [6, 6.07) is 6.07. The van der Waals surface area contributed by atoms with Gasteiger partial charge in [0.1, 0.15) is 5.75 Å². The van der Waals surface area contributed by atoms with E-state index in [0.29, 0.717) is 19.4 Å². The Morgan fingerprint density at radius 1 is 1.44 bits per heavy atom. The molecule has 1 aromatic carbocycles. The van der Waals surface area contributed by atoms with Gasteiger partial charge in [-0.1, -0.05) is 12.1 Å². The molecule has 0 saturated heterocycles. The predicted octanol–water partition coefficient (Wildman–Crippen LogP) is 0.792. The van der Waals surface area contributed by atoms with E-state index >= 15 is 0 Å². The normalized spacial score (nSPS) is 11.6. The molecule has 0 bridgehead atoms. The van der Waals surface area contributed by atoms with Crippen molar-refractivity contribution < 1.29 is 9.90 Å². The molecule has 0 radical (unpaired) electrons. The van der Waals surface area contributed by atoms with E-state index in [2.05, 4.69) is 11.2 Å². The topological polar surface area (TPSA) is 75.4 Å². The summed E-state index contributed by atoms with van der Waals surface area (Å²) in [5.74, 6) is 2.53. The maximum absolute atomic E-state index is 11.6. The molecule has 0 aromatic heterocycles. The minimum atomic E-state index is -0.583. The molecular formula is C14H18N2O2. The van der Waals surface area contributed by atoms with Gasteiger partial charge in [0, 0.05) is 13.0 Å². The van der Waals surface area contributed by atoms with Gasteiger partial charge in [-0.2, -0.15) is 0 Å². The lowest BCUT2D eigenvalue weighted by molar-refractivity contribution is -0.122. The van der Waals surface area contributed by atoms with Crippen LogP contribution in [0, 0.1) is 12.3 Å². The van der Waals surface area contributed by atoms with Crippen LogP contribution in [0.15, 0.2) is 24.3 Å². The first-order chi connectivity index (χ1) is 8.63. The third kappa shape index (κ3) is 4.89. The van der Waals surface area contributed by atoms with Crippen molar-refractivity contribution >= 4 is 5.91 Å². The Morgan fingerprint density at radius 2 is 2.11 bits per heavy atom. The number of phenols is 1. The van der Waals surface area contributed by atoms with Gasteiger partial charge in [-0.3, -0.25) is 4.79 Å². The fourth-order valence-corrected chi connectivity index (χ4v) is 1.51. The lowest BCUT2D eigenvalue weighted by atomic mass is 10.1. The van der Waals surface area contributed by atoms with E-state index in [1.807, 2.05) is 0 Å². The summed E-state index contributed by atoms with van der Waals surface area (Å²) in [4.78, 5) is 11.6. The van der Waals surface area contributed by atoms with Gasteiger partial charge in [-0.15, -0.1) is 12.3 Å². The Labute approximate surface area is 107 Å².